The van der Waals surface area contributed by atoms with Crippen molar-refractivity contribution in [2.45, 2.75) is 13.3 Å². The molecule has 1 atom stereocenters. The largest absolute Gasteiger partial charge is 0.481 e. The van der Waals surface area contributed by atoms with Crippen LogP contribution >= 0.6 is 0 Å². The zero-order valence-corrected chi connectivity index (χ0v) is 11.0. The number of ether oxygens (including phenoxy) is 1. The zero-order chi connectivity index (χ0) is 14.5. The fourth-order valence-electron chi connectivity index (χ4n) is 1.77. The van der Waals surface area contributed by atoms with Gasteiger partial charge in [0.15, 0.2) is 0 Å². The topological polar surface area (TPSA) is 46.5 Å². The van der Waals surface area contributed by atoms with E-state index in [4.69, 9.17) is 9.84 Å². The van der Waals surface area contributed by atoms with Crippen LogP contribution < -0.4 is 4.74 Å². The summed E-state index contributed by atoms with van der Waals surface area (Å²) in [6.45, 7) is 1.67. The van der Waals surface area contributed by atoms with Crippen LogP contribution in [0.5, 0.6) is 11.5 Å². The molecule has 0 fully saturated rings. The van der Waals surface area contributed by atoms with Crippen LogP contribution in [0.3, 0.4) is 0 Å². The van der Waals surface area contributed by atoms with Crippen LogP contribution in [-0.2, 0) is 11.2 Å². The van der Waals surface area contributed by atoms with Crippen LogP contribution in [0.2, 0.25) is 0 Å². The summed E-state index contributed by atoms with van der Waals surface area (Å²) < 4.78 is 18.3. The SMILES string of the molecule is CC(Cc1ccc(Oc2ccc(F)cc2)cc1)C(=O)O. The van der Waals surface area contributed by atoms with Crippen molar-refractivity contribution in [3.05, 3.63) is 59.9 Å². The van der Waals surface area contributed by atoms with Crippen molar-refractivity contribution in [3.8, 4) is 11.5 Å². The molecule has 2 rings (SSSR count). The molecule has 2 aromatic rings. The molecule has 0 aromatic heterocycles. The Morgan fingerprint density at radius 2 is 1.60 bits per heavy atom. The van der Waals surface area contributed by atoms with Crippen molar-refractivity contribution < 1.29 is 19.0 Å². The first-order valence-corrected chi connectivity index (χ1v) is 6.30. The van der Waals surface area contributed by atoms with Crippen LogP contribution in [0.4, 0.5) is 4.39 Å². The molecule has 0 saturated carbocycles. The fraction of sp³-hybridized carbons (Fsp3) is 0.188. The Hall–Kier alpha value is -2.36. The summed E-state index contributed by atoms with van der Waals surface area (Å²) in [5, 5.41) is 8.86. The summed E-state index contributed by atoms with van der Waals surface area (Å²) in [6, 6.07) is 13.0. The fourth-order valence-corrected chi connectivity index (χ4v) is 1.77. The highest BCUT2D eigenvalue weighted by Crippen LogP contribution is 2.22. The van der Waals surface area contributed by atoms with Gasteiger partial charge in [0.2, 0.25) is 0 Å². The van der Waals surface area contributed by atoms with Gasteiger partial charge in [0.05, 0.1) is 5.92 Å². The molecule has 0 amide bonds. The monoisotopic (exact) mass is 274 g/mol. The van der Waals surface area contributed by atoms with Gasteiger partial charge < -0.3 is 9.84 Å². The van der Waals surface area contributed by atoms with Crippen LogP contribution in [-0.4, -0.2) is 11.1 Å². The summed E-state index contributed by atoms with van der Waals surface area (Å²) >= 11 is 0. The van der Waals surface area contributed by atoms with E-state index in [9.17, 15) is 9.18 Å². The third-order valence-corrected chi connectivity index (χ3v) is 2.94. The standard InChI is InChI=1S/C16H15FO3/c1-11(16(18)19)10-12-2-6-14(7-3-12)20-15-8-4-13(17)5-9-15/h2-9,11H,10H2,1H3,(H,18,19). The Morgan fingerprint density at radius 3 is 2.10 bits per heavy atom. The maximum Gasteiger partial charge on any atom is 0.306 e. The van der Waals surface area contributed by atoms with Crippen molar-refractivity contribution in [3.63, 3.8) is 0 Å². The molecule has 104 valence electrons. The van der Waals surface area contributed by atoms with Crippen LogP contribution in [0.15, 0.2) is 48.5 Å². The Bertz CT molecular complexity index is 576. The molecule has 2 aromatic carbocycles. The number of carboxylic acids is 1. The lowest BCUT2D eigenvalue weighted by molar-refractivity contribution is -0.141. The van der Waals surface area contributed by atoms with Gasteiger partial charge >= 0.3 is 5.97 Å². The molecule has 0 saturated heterocycles. The Balaban J connectivity index is 2.01. The van der Waals surface area contributed by atoms with Crippen LogP contribution in [0.25, 0.3) is 0 Å². The van der Waals surface area contributed by atoms with E-state index >= 15 is 0 Å². The van der Waals surface area contributed by atoms with Gasteiger partial charge in [-0.15, -0.1) is 0 Å². The molecule has 3 nitrogen and oxygen atoms in total. The Kier molecular flexibility index (Phi) is 4.35. The van der Waals surface area contributed by atoms with Gasteiger partial charge in [0.25, 0.3) is 0 Å². The maximum absolute atomic E-state index is 12.8. The van der Waals surface area contributed by atoms with Crippen LogP contribution in [0.1, 0.15) is 12.5 Å². The molecule has 0 radical (unpaired) electrons. The minimum Gasteiger partial charge on any atom is -0.481 e. The summed E-state index contributed by atoms with van der Waals surface area (Å²) in [7, 11) is 0. The van der Waals surface area contributed by atoms with Gasteiger partial charge in [-0.1, -0.05) is 19.1 Å². The minimum absolute atomic E-state index is 0.310. The van der Waals surface area contributed by atoms with Crippen molar-refractivity contribution in [2.24, 2.45) is 5.92 Å². The average molecular weight is 274 g/mol. The summed E-state index contributed by atoms with van der Waals surface area (Å²) in [4.78, 5) is 10.8. The molecule has 0 heterocycles. The average Bonchev–Trinajstić information content (AvgIpc) is 2.43. The molecule has 0 aliphatic carbocycles. The van der Waals surface area contributed by atoms with Crippen molar-refractivity contribution in [2.75, 3.05) is 0 Å². The van der Waals surface area contributed by atoms with E-state index in [0.717, 1.165) is 5.56 Å². The quantitative estimate of drug-likeness (QED) is 0.900. The van der Waals surface area contributed by atoms with Crippen molar-refractivity contribution in [1.29, 1.82) is 0 Å². The molecule has 0 bridgehead atoms. The Morgan fingerprint density at radius 1 is 1.10 bits per heavy atom. The second-order valence-electron chi connectivity index (χ2n) is 4.64. The molecule has 1 N–H and O–H groups in total. The summed E-state index contributed by atoms with van der Waals surface area (Å²) in [5.74, 6) is -0.354. The predicted octanol–water partition coefficient (Wildman–Crippen LogP) is 3.88. The van der Waals surface area contributed by atoms with Gasteiger partial charge in [-0.25, -0.2) is 4.39 Å². The third-order valence-electron chi connectivity index (χ3n) is 2.94. The smallest absolute Gasteiger partial charge is 0.306 e. The first-order valence-electron chi connectivity index (χ1n) is 6.30. The third kappa shape index (κ3) is 3.82. The highest BCUT2D eigenvalue weighted by Gasteiger charge is 2.11. The lowest BCUT2D eigenvalue weighted by atomic mass is 10.0. The van der Waals surface area contributed by atoms with Gasteiger partial charge in [-0.2, -0.15) is 0 Å². The maximum atomic E-state index is 12.8. The first-order chi connectivity index (χ1) is 9.54. The molecule has 20 heavy (non-hydrogen) atoms. The number of benzene rings is 2. The second-order valence-corrected chi connectivity index (χ2v) is 4.64. The van der Waals surface area contributed by atoms with Gasteiger partial charge in [0.1, 0.15) is 17.3 Å². The van der Waals surface area contributed by atoms with E-state index in [-0.39, 0.29) is 5.82 Å². The molecule has 0 aliphatic heterocycles. The lowest BCUT2D eigenvalue weighted by Gasteiger charge is -2.08. The minimum atomic E-state index is -0.809. The highest BCUT2D eigenvalue weighted by molar-refractivity contribution is 5.69. The normalized spacial score (nSPS) is 11.9. The number of carbonyl (C=O) groups is 1. The van der Waals surface area contributed by atoms with E-state index in [1.165, 1.54) is 12.1 Å². The molecule has 0 spiro atoms. The number of carboxylic acid groups (broad SMARTS) is 1. The first kappa shape index (κ1) is 14.1. The van der Waals surface area contributed by atoms with E-state index in [0.29, 0.717) is 17.9 Å². The molecule has 1 unspecified atom stereocenters. The van der Waals surface area contributed by atoms with Gasteiger partial charge in [0, 0.05) is 0 Å². The zero-order valence-electron chi connectivity index (χ0n) is 11.0. The number of aliphatic carboxylic acids is 1. The van der Waals surface area contributed by atoms with E-state index in [1.54, 1.807) is 31.2 Å². The predicted molar refractivity (Wildman–Crippen MR) is 73.4 cm³/mol. The molecule has 4 heteroatoms. The second kappa shape index (κ2) is 6.19. The molecule has 0 aliphatic rings. The molecular formula is C16H15FO3. The van der Waals surface area contributed by atoms with Gasteiger partial charge in [-0.05, 0) is 48.4 Å². The van der Waals surface area contributed by atoms with E-state index < -0.39 is 11.9 Å². The van der Waals surface area contributed by atoms with Crippen molar-refractivity contribution in [1.82, 2.24) is 0 Å². The van der Waals surface area contributed by atoms with Crippen molar-refractivity contribution >= 4 is 5.97 Å². The molecular weight excluding hydrogens is 259 g/mol. The van der Waals surface area contributed by atoms with E-state index in [1.807, 2.05) is 12.1 Å². The number of hydrogen-bond acceptors (Lipinski definition) is 2. The summed E-state index contributed by atoms with van der Waals surface area (Å²) in [6.07, 6.45) is 0.478. The van der Waals surface area contributed by atoms with Gasteiger partial charge in [-0.3, -0.25) is 4.79 Å². The number of halogens is 1. The number of rotatable bonds is 5. The number of hydrogen-bond donors (Lipinski definition) is 1. The van der Waals surface area contributed by atoms with Crippen LogP contribution in [0, 0.1) is 11.7 Å². The summed E-state index contributed by atoms with van der Waals surface area (Å²) in [5.41, 5.74) is 0.936. The Labute approximate surface area is 116 Å². The lowest BCUT2D eigenvalue weighted by Crippen LogP contribution is -2.12. The highest BCUT2D eigenvalue weighted by atomic mass is 19.1. The van der Waals surface area contributed by atoms with E-state index in [2.05, 4.69) is 0 Å².